The average Bonchev–Trinajstić information content (AvgIpc) is 2.74. The van der Waals surface area contributed by atoms with E-state index in [2.05, 4.69) is 16.9 Å². The molecular weight excluding hydrogens is 484 g/mol. The van der Waals surface area contributed by atoms with E-state index in [-0.39, 0.29) is 28.7 Å². The second-order valence-corrected chi connectivity index (χ2v) is 9.72. The summed E-state index contributed by atoms with van der Waals surface area (Å²) in [5.41, 5.74) is 0.317. The van der Waals surface area contributed by atoms with Crippen molar-refractivity contribution in [2.45, 2.75) is 22.4 Å². The Bertz CT molecular complexity index is 1340. The number of anilines is 1. The molecule has 12 heteroatoms. The number of hydrogen-bond donors (Lipinski definition) is 1. The van der Waals surface area contributed by atoms with Crippen molar-refractivity contribution in [3.63, 3.8) is 0 Å². The Labute approximate surface area is 191 Å². The van der Waals surface area contributed by atoms with Crippen molar-refractivity contribution >= 4 is 55.7 Å². The van der Waals surface area contributed by atoms with E-state index >= 15 is 0 Å². The molecule has 0 saturated heterocycles. The van der Waals surface area contributed by atoms with Crippen LogP contribution in [0, 0.1) is 0 Å². The fourth-order valence-corrected chi connectivity index (χ4v) is 4.43. The lowest BCUT2D eigenvalue weighted by Crippen LogP contribution is -2.23. The van der Waals surface area contributed by atoms with Crippen LogP contribution in [0.25, 0.3) is 10.9 Å². The first-order chi connectivity index (χ1) is 15.1. The van der Waals surface area contributed by atoms with Crippen LogP contribution in [0.1, 0.15) is 0 Å². The van der Waals surface area contributed by atoms with Crippen LogP contribution in [0.5, 0.6) is 0 Å². The first-order valence-corrected chi connectivity index (χ1v) is 11.9. The van der Waals surface area contributed by atoms with Crippen LogP contribution >= 0.6 is 23.4 Å². The zero-order valence-electron chi connectivity index (χ0n) is 16.3. The van der Waals surface area contributed by atoms with Crippen molar-refractivity contribution in [1.82, 2.24) is 9.55 Å². The minimum atomic E-state index is -4.71. The highest BCUT2D eigenvalue weighted by atomic mass is 35.5. The zero-order valence-corrected chi connectivity index (χ0v) is 18.7. The summed E-state index contributed by atoms with van der Waals surface area (Å²) in [6.45, 7) is 3.82. The number of benzene rings is 2. The Hall–Kier alpha value is -2.76. The van der Waals surface area contributed by atoms with Gasteiger partial charge < -0.3 is 5.32 Å². The van der Waals surface area contributed by atoms with E-state index in [1.807, 2.05) is 0 Å². The minimum absolute atomic E-state index is 0.118. The number of thioether (sulfide) groups is 1. The van der Waals surface area contributed by atoms with Gasteiger partial charge in [-0.15, -0.1) is 6.58 Å². The number of carbonyl (C=O) groups excluding carboxylic acids is 1. The molecule has 1 aromatic heterocycles. The molecule has 2 aromatic carbocycles. The molecule has 1 N–H and O–H groups in total. The smallest absolute Gasteiger partial charge is 0.325 e. The highest BCUT2D eigenvalue weighted by Gasteiger charge is 2.26. The Morgan fingerprint density at radius 1 is 1.25 bits per heavy atom. The normalized spacial score (nSPS) is 11.6. The van der Waals surface area contributed by atoms with E-state index in [9.17, 15) is 26.8 Å². The molecule has 0 atom stereocenters. The quantitative estimate of drug-likeness (QED) is 0.286. The molecule has 32 heavy (non-hydrogen) atoms. The van der Waals surface area contributed by atoms with Crippen LogP contribution < -0.4 is 10.9 Å². The van der Waals surface area contributed by atoms with Gasteiger partial charge in [-0.05, 0) is 42.5 Å². The molecule has 0 unspecified atom stereocenters. The van der Waals surface area contributed by atoms with Crippen molar-refractivity contribution in [2.24, 2.45) is 0 Å². The lowest BCUT2D eigenvalue weighted by Gasteiger charge is -2.12. The number of halogens is 3. The number of hydrogen-bond acceptors (Lipinski definition) is 6. The number of allylic oxidation sites excluding steroid dienone is 1. The molecule has 7 nitrogen and oxygen atoms in total. The minimum Gasteiger partial charge on any atom is -0.325 e. The van der Waals surface area contributed by atoms with Crippen LogP contribution in [0.4, 0.5) is 14.5 Å². The summed E-state index contributed by atoms with van der Waals surface area (Å²) in [6, 6.07) is 9.11. The second kappa shape index (κ2) is 9.80. The van der Waals surface area contributed by atoms with Crippen molar-refractivity contribution in [1.29, 1.82) is 0 Å². The predicted octanol–water partition coefficient (Wildman–Crippen LogP) is 3.96. The van der Waals surface area contributed by atoms with E-state index in [0.29, 0.717) is 15.9 Å². The highest BCUT2D eigenvalue weighted by molar-refractivity contribution is 7.99. The molecule has 0 aliphatic carbocycles. The number of amides is 1. The van der Waals surface area contributed by atoms with E-state index in [4.69, 9.17) is 11.6 Å². The Morgan fingerprint density at radius 3 is 2.56 bits per heavy atom. The van der Waals surface area contributed by atoms with Gasteiger partial charge in [-0.1, -0.05) is 29.4 Å². The molecule has 3 aromatic rings. The largest absolute Gasteiger partial charge is 0.341 e. The third-order valence-electron chi connectivity index (χ3n) is 4.23. The number of nitrogens with zero attached hydrogens (tertiary/aromatic N) is 2. The van der Waals surface area contributed by atoms with Gasteiger partial charge in [0.1, 0.15) is 0 Å². The molecular formula is C20H16ClF2N3O4S2. The maximum atomic E-state index is 12.8. The molecule has 0 aliphatic rings. The maximum Gasteiger partial charge on any atom is 0.341 e. The van der Waals surface area contributed by atoms with Crippen LogP contribution in [0.2, 0.25) is 5.02 Å². The van der Waals surface area contributed by atoms with Gasteiger partial charge in [0, 0.05) is 17.3 Å². The van der Waals surface area contributed by atoms with Crippen LogP contribution in [0.3, 0.4) is 0 Å². The van der Waals surface area contributed by atoms with Crippen LogP contribution in [-0.4, -0.2) is 35.4 Å². The lowest BCUT2D eigenvalue weighted by atomic mass is 10.2. The number of sulfone groups is 1. The Kier molecular flexibility index (Phi) is 7.32. The van der Waals surface area contributed by atoms with Gasteiger partial charge in [0.15, 0.2) is 5.16 Å². The Morgan fingerprint density at radius 2 is 1.94 bits per heavy atom. The number of fused-ring (bicyclic) bond motifs is 1. The van der Waals surface area contributed by atoms with E-state index in [1.54, 1.807) is 18.2 Å². The maximum absolute atomic E-state index is 12.8. The zero-order chi connectivity index (χ0) is 23.5. The lowest BCUT2D eigenvalue weighted by molar-refractivity contribution is -0.113. The molecule has 0 spiro atoms. The highest BCUT2D eigenvalue weighted by Crippen LogP contribution is 2.22. The third kappa shape index (κ3) is 5.17. The summed E-state index contributed by atoms with van der Waals surface area (Å²) in [4.78, 5) is 29.0. The summed E-state index contributed by atoms with van der Waals surface area (Å²) in [5, 5.41) is 3.62. The second-order valence-electron chi connectivity index (χ2n) is 6.43. The van der Waals surface area contributed by atoms with E-state index < -0.39 is 26.4 Å². The van der Waals surface area contributed by atoms with E-state index in [1.165, 1.54) is 22.8 Å². The molecule has 0 aliphatic heterocycles. The third-order valence-corrected chi connectivity index (χ3v) is 6.84. The molecule has 0 fully saturated rings. The molecule has 3 rings (SSSR count). The topological polar surface area (TPSA) is 98.1 Å². The summed E-state index contributed by atoms with van der Waals surface area (Å²) in [5.74, 6) is -4.12. The van der Waals surface area contributed by atoms with Gasteiger partial charge in [-0.2, -0.15) is 8.78 Å². The van der Waals surface area contributed by atoms with E-state index in [0.717, 1.165) is 23.9 Å². The van der Waals surface area contributed by atoms with Gasteiger partial charge in [0.25, 0.3) is 5.56 Å². The summed E-state index contributed by atoms with van der Waals surface area (Å²) < 4.78 is 49.5. The molecule has 168 valence electrons. The number of alkyl halides is 2. The van der Waals surface area contributed by atoms with Gasteiger partial charge in [-0.3, -0.25) is 14.2 Å². The fraction of sp³-hybridized carbons (Fsp3) is 0.150. The Balaban J connectivity index is 1.76. The van der Waals surface area contributed by atoms with Crippen molar-refractivity contribution < 1.29 is 22.0 Å². The van der Waals surface area contributed by atoms with Crippen LogP contribution in [0.15, 0.2) is 70.0 Å². The molecule has 1 amide bonds. The average molecular weight is 500 g/mol. The molecule has 0 bridgehead atoms. The standard InChI is InChI=1S/C20H16ClF2N3O4S2/c1-2-9-26-18(28)15-8-3-12(21)10-16(15)25-20(26)31-11-17(27)24-13-4-6-14(7-5-13)32(29,30)19(22)23/h2-8,10,19H,1,9,11H2,(H,24,27). The summed E-state index contributed by atoms with van der Waals surface area (Å²) in [6.07, 6.45) is 1.53. The first kappa shape index (κ1) is 23.9. The fourth-order valence-electron chi connectivity index (χ4n) is 2.73. The van der Waals surface area contributed by atoms with Gasteiger partial charge in [0.2, 0.25) is 15.7 Å². The number of rotatable bonds is 8. The number of carbonyl (C=O) groups is 1. The summed E-state index contributed by atoms with van der Waals surface area (Å²) >= 11 is 7.00. The van der Waals surface area contributed by atoms with Gasteiger partial charge in [-0.25, -0.2) is 13.4 Å². The SMILES string of the molecule is C=CCn1c(SCC(=O)Nc2ccc(S(=O)(=O)C(F)F)cc2)nc2cc(Cl)ccc2c1=O. The number of aromatic nitrogens is 2. The van der Waals surface area contributed by atoms with Gasteiger partial charge in [0.05, 0.1) is 21.6 Å². The molecule has 0 radical (unpaired) electrons. The number of nitrogens with one attached hydrogen (secondary N) is 1. The summed E-state index contributed by atoms with van der Waals surface area (Å²) in [7, 11) is -4.71. The monoisotopic (exact) mass is 499 g/mol. The predicted molar refractivity (Wildman–Crippen MR) is 120 cm³/mol. The van der Waals surface area contributed by atoms with Crippen molar-refractivity contribution in [3.05, 3.63) is 70.5 Å². The van der Waals surface area contributed by atoms with Crippen LogP contribution in [-0.2, 0) is 21.2 Å². The molecule has 0 saturated carbocycles. The van der Waals surface area contributed by atoms with Crippen molar-refractivity contribution in [3.8, 4) is 0 Å². The first-order valence-electron chi connectivity index (χ1n) is 8.99. The molecule has 1 heterocycles. The van der Waals surface area contributed by atoms with Crippen molar-refractivity contribution in [2.75, 3.05) is 11.1 Å². The van der Waals surface area contributed by atoms with Gasteiger partial charge >= 0.3 is 5.76 Å².